The molecule has 0 radical (unpaired) electrons. The number of benzene rings is 2. The molecule has 2 aromatic carbocycles. The standard InChI is InChI=1S/C25H24Cl2N4O3/c1-16-3-4-17(14-22(16)34-2)24(32)30-9-11-31(12-10-30)25(33)18-13-21(27)23(28-15-18)29-20-7-5-19(26)6-8-20/h3-8,13-15H,9-12H2,1-2H3,(H,28,29). The summed E-state index contributed by atoms with van der Waals surface area (Å²) in [6.07, 6.45) is 1.50. The van der Waals surface area contributed by atoms with E-state index in [1.54, 1.807) is 47.2 Å². The molecule has 9 heteroatoms. The van der Waals surface area contributed by atoms with E-state index in [1.807, 2.05) is 25.1 Å². The summed E-state index contributed by atoms with van der Waals surface area (Å²) in [6, 6.07) is 14.2. The summed E-state index contributed by atoms with van der Waals surface area (Å²) >= 11 is 12.3. The number of halogens is 2. The average Bonchev–Trinajstić information content (AvgIpc) is 2.86. The third-order valence-corrected chi connectivity index (χ3v) is 6.24. The highest BCUT2D eigenvalue weighted by Gasteiger charge is 2.26. The summed E-state index contributed by atoms with van der Waals surface area (Å²) in [4.78, 5) is 33.7. The lowest BCUT2D eigenvalue weighted by Gasteiger charge is -2.35. The first-order valence-electron chi connectivity index (χ1n) is 10.8. The summed E-state index contributed by atoms with van der Waals surface area (Å²) < 4.78 is 5.33. The van der Waals surface area contributed by atoms with Crippen molar-refractivity contribution in [1.82, 2.24) is 14.8 Å². The molecule has 1 fully saturated rings. The van der Waals surface area contributed by atoms with Crippen LogP contribution in [0.2, 0.25) is 10.0 Å². The second-order valence-electron chi connectivity index (χ2n) is 7.96. The van der Waals surface area contributed by atoms with Crippen molar-refractivity contribution in [1.29, 1.82) is 0 Å². The molecule has 34 heavy (non-hydrogen) atoms. The number of rotatable bonds is 5. The Morgan fingerprint density at radius 3 is 2.12 bits per heavy atom. The van der Waals surface area contributed by atoms with Gasteiger partial charge in [-0.1, -0.05) is 29.3 Å². The van der Waals surface area contributed by atoms with Crippen molar-refractivity contribution in [3.8, 4) is 5.75 Å². The predicted molar refractivity (Wildman–Crippen MR) is 134 cm³/mol. The van der Waals surface area contributed by atoms with E-state index < -0.39 is 0 Å². The first-order chi connectivity index (χ1) is 16.4. The zero-order chi connectivity index (χ0) is 24.2. The number of nitrogens with one attached hydrogen (secondary N) is 1. The van der Waals surface area contributed by atoms with Crippen molar-refractivity contribution < 1.29 is 14.3 Å². The lowest BCUT2D eigenvalue weighted by molar-refractivity contribution is 0.0535. The molecule has 0 spiro atoms. The van der Waals surface area contributed by atoms with E-state index >= 15 is 0 Å². The molecule has 1 N–H and O–H groups in total. The molecule has 0 aliphatic carbocycles. The molecule has 0 saturated carbocycles. The topological polar surface area (TPSA) is 74.8 Å². The van der Waals surface area contributed by atoms with Crippen molar-refractivity contribution >= 4 is 46.5 Å². The van der Waals surface area contributed by atoms with E-state index in [2.05, 4.69) is 10.3 Å². The van der Waals surface area contributed by atoms with Gasteiger partial charge in [0.05, 0.1) is 17.7 Å². The van der Waals surface area contributed by atoms with Gasteiger partial charge >= 0.3 is 0 Å². The molecular formula is C25H24Cl2N4O3. The number of aryl methyl sites for hydroxylation is 1. The molecule has 1 saturated heterocycles. The van der Waals surface area contributed by atoms with Crippen molar-refractivity contribution in [2.45, 2.75) is 6.92 Å². The summed E-state index contributed by atoms with van der Waals surface area (Å²) in [5, 5.41) is 4.08. The van der Waals surface area contributed by atoms with Gasteiger partial charge in [0.1, 0.15) is 11.6 Å². The number of piperazine rings is 1. The SMILES string of the molecule is COc1cc(C(=O)N2CCN(C(=O)c3cnc(Nc4ccc(Cl)cc4)c(Cl)c3)CC2)ccc1C. The summed E-state index contributed by atoms with van der Waals surface area (Å²) in [7, 11) is 1.59. The van der Waals surface area contributed by atoms with Gasteiger partial charge in [-0.15, -0.1) is 0 Å². The van der Waals surface area contributed by atoms with Gasteiger partial charge in [0.25, 0.3) is 11.8 Å². The maximum absolute atomic E-state index is 13.0. The maximum atomic E-state index is 13.0. The van der Waals surface area contributed by atoms with E-state index in [0.29, 0.717) is 58.9 Å². The zero-order valence-corrected chi connectivity index (χ0v) is 20.4. The molecule has 3 aromatic rings. The molecule has 2 amide bonds. The highest BCUT2D eigenvalue weighted by atomic mass is 35.5. The molecule has 1 aliphatic heterocycles. The first-order valence-corrected chi connectivity index (χ1v) is 11.5. The van der Waals surface area contributed by atoms with Crippen molar-refractivity contribution in [2.24, 2.45) is 0 Å². The van der Waals surface area contributed by atoms with Gasteiger partial charge in [0, 0.05) is 48.6 Å². The minimum atomic E-state index is -0.170. The Morgan fingerprint density at radius 1 is 0.912 bits per heavy atom. The maximum Gasteiger partial charge on any atom is 0.255 e. The Bertz CT molecular complexity index is 1210. The number of hydrogen-bond acceptors (Lipinski definition) is 5. The molecule has 0 unspecified atom stereocenters. The van der Waals surface area contributed by atoms with E-state index in [9.17, 15) is 9.59 Å². The van der Waals surface area contributed by atoms with Crippen LogP contribution in [0.5, 0.6) is 5.75 Å². The highest BCUT2D eigenvalue weighted by molar-refractivity contribution is 6.33. The average molecular weight is 499 g/mol. The number of carbonyl (C=O) groups excluding carboxylic acids is 2. The summed E-state index contributed by atoms with van der Waals surface area (Å²) in [5.74, 6) is 0.881. The van der Waals surface area contributed by atoms with Gasteiger partial charge in [-0.05, 0) is 55.0 Å². The number of nitrogens with zero attached hydrogens (tertiary/aromatic N) is 3. The van der Waals surface area contributed by atoms with Gasteiger partial charge < -0.3 is 19.9 Å². The number of pyridine rings is 1. The van der Waals surface area contributed by atoms with Gasteiger partial charge in [0.2, 0.25) is 0 Å². The van der Waals surface area contributed by atoms with Crippen LogP contribution >= 0.6 is 23.2 Å². The van der Waals surface area contributed by atoms with Crippen LogP contribution in [0.25, 0.3) is 0 Å². The number of ether oxygens (including phenoxy) is 1. The van der Waals surface area contributed by atoms with Crippen molar-refractivity contribution in [2.75, 3.05) is 38.6 Å². The van der Waals surface area contributed by atoms with Crippen LogP contribution in [0.4, 0.5) is 11.5 Å². The second-order valence-corrected chi connectivity index (χ2v) is 8.80. The largest absolute Gasteiger partial charge is 0.496 e. The lowest BCUT2D eigenvalue weighted by atomic mass is 10.1. The summed E-state index contributed by atoms with van der Waals surface area (Å²) in [5.41, 5.74) is 2.72. The minimum absolute atomic E-state index is 0.0762. The first kappa shape index (κ1) is 23.9. The Balaban J connectivity index is 1.38. The van der Waals surface area contributed by atoms with Crippen LogP contribution in [0.3, 0.4) is 0 Å². The van der Waals surface area contributed by atoms with E-state index in [-0.39, 0.29) is 11.8 Å². The number of methoxy groups -OCH3 is 1. The molecule has 1 aliphatic rings. The Morgan fingerprint density at radius 2 is 1.53 bits per heavy atom. The number of hydrogen-bond donors (Lipinski definition) is 1. The van der Waals surface area contributed by atoms with E-state index in [0.717, 1.165) is 11.3 Å². The third-order valence-electron chi connectivity index (χ3n) is 5.70. The van der Waals surface area contributed by atoms with E-state index in [4.69, 9.17) is 27.9 Å². The summed E-state index contributed by atoms with van der Waals surface area (Å²) in [6.45, 7) is 3.67. The molecule has 2 heterocycles. The molecule has 0 bridgehead atoms. The number of aromatic nitrogens is 1. The van der Waals surface area contributed by atoms with Gasteiger partial charge in [-0.3, -0.25) is 9.59 Å². The predicted octanol–water partition coefficient (Wildman–Crippen LogP) is 5.05. The Labute approximate surface area is 208 Å². The number of carbonyl (C=O) groups is 2. The second kappa shape index (κ2) is 10.3. The van der Waals surface area contributed by atoms with Gasteiger partial charge in [-0.2, -0.15) is 0 Å². The molecule has 1 aromatic heterocycles. The quantitative estimate of drug-likeness (QED) is 0.532. The fourth-order valence-corrected chi connectivity index (χ4v) is 4.09. The molecule has 7 nitrogen and oxygen atoms in total. The van der Waals surface area contributed by atoms with Crippen LogP contribution in [0, 0.1) is 6.92 Å². The molecule has 0 atom stereocenters. The number of amides is 2. The van der Waals surface area contributed by atoms with Crippen LogP contribution < -0.4 is 10.1 Å². The Kier molecular flexibility index (Phi) is 7.24. The lowest BCUT2D eigenvalue weighted by Crippen LogP contribution is -2.50. The van der Waals surface area contributed by atoms with Crippen molar-refractivity contribution in [3.05, 3.63) is 81.5 Å². The van der Waals surface area contributed by atoms with Crippen LogP contribution in [0.1, 0.15) is 26.3 Å². The van der Waals surface area contributed by atoms with Crippen LogP contribution in [0.15, 0.2) is 54.7 Å². The van der Waals surface area contributed by atoms with Crippen molar-refractivity contribution in [3.63, 3.8) is 0 Å². The highest BCUT2D eigenvalue weighted by Crippen LogP contribution is 2.26. The van der Waals surface area contributed by atoms with Gasteiger partial charge in [0.15, 0.2) is 0 Å². The van der Waals surface area contributed by atoms with E-state index in [1.165, 1.54) is 6.20 Å². The number of anilines is 2. The van der Waals surface area contributed by atoms with Crippen LogP contribution in [-0.4, -0.2) is 59.9 Å². The Hall–Kier alpha value is -3.29. The fraction of sp³-hybridized carbons (Fsp3) is 0.240. The smallest absolute Gasteiger partial charge is 0.255 e. The monoisotopic (exact) mass is 498 g/mol. The van der Waals surface area contributed by atoms with Gasteiger partial charge in [-0.25, -0.2) is 4.98 Å². The molecular weight excluding hydrogens is 475 g/mol. The van der Waals surface area contributed by atoms with Crippen LogP contribution in [-0.2, 0) is 0 Å². The minimum Gasteiger partial charge on any atom is -0.496 e. The third kappa shape index (κ3) is 5.26. The molecule has 176 valence electrons. The fourth-order valence-electron chi connectivity index (χ4n) is 3.75. The zero-order valence-electron chi connectivity index (χ0n) is 18.8. The molecule has 4 rings (SSSR count). The normalized spacial score (nSPS) is 13.5.